The number of amidine groups is 1. The highest BCUT2D eigenvalue weighted by Crippen LogP contribution is 2.18. The van der Waals surface area contributed by atoms with Crippen molar-refractivity contribution in [1.29, 1.82) is 0 Å². The Hall–Kier alpha value is -0.360. The summed E-state index contributed by atoms with van der Waals surface area (Å²) in [5.74, 6) is 1.60. The fraction of sp³-hybridized carbons (Fsp3) is 0.900. The molecule has 1 rings (SSSR count). The molecule has 1 aliphatic rings. The summed E-state index contributed by atoms with van der Waals surface area (Å²) < 4.78 is 28.2. The van der Waals surface area contributed by atoms with Gasteiger partial charge in [-0.3, -0.25) is 4.99 Å². The van der Waals surface area contributed by atoms with Crippen molar-refractivity contribution in [2.75, 3.05) is 25.5 Å². The quantitative estimate of drug-likeness (QED) is 0.734. The minimum atomic E-state index is -2.39. The van der Waals surface area contributed by atoms with Gasteiger partial charge in [0.2, 0.25) is 0 Å². The number of ether oxygens (including phenoxy) is 1. The monoisotopic (exact) mass is 252 g/mol. The third-order valence-corrected chi connectivity index (χ3v) is 3.29. The van der Waals surface area contributed by atoms with Crippen LogP contribution in [-0.2, 0) is 4.74 Å². The van der Waals surface area contributed by atoms with E-state index in [1.165, 1.54) is 0 Å². The highest BCUT2D eigenvalue weighted by molar-refractivity contribution is 8.14. The van der Waals surface area contributed by atoms with Crippen molar-refractivity contribution in [3.8, 4) is 0 Å². The van der Waals surface area contributed by atoms with Crippen molar-refractivity contribution in [1.82, 2.24) is 5.32 Å². The highest BCUT2D eigenvalue weighted by atomic mass is 32.2. The fourth-order valence-electron chi connectivity index (χ4n) is 1.25. The van der Waals surface area contributed by atoms with Crippen LogP contribution in [0.2, 0.25) is 0 Å². The molecular weight excluding hydrogens is 234 g/mol. The molecule has 1 aliphatic heterocycles. The number of hydrogen-bond acceptors (Lipinski definition) is 3. The van der Waals surface area contributed by atoms with Crippen molar-refractivity contribution in [3.63, 3.8) is 0 Å². The van der Waals surface area contributed by atoms with Gasteiger partial charge in [-0.05, 0) is 5.92 Å². The lowest BCUT2D eigenvalue weighted by Crippen LogP contribution is -2.31. The van der Waals surface area contributed by atoms with E-state index < -0.39 is 13.0 Å². The molecular formula is C10H18F2N2OS. The summed E-state index contributed by atoms with van der Waals surface area (Å²) in [6, 6.07) is 0.464. The Kier molecular flexibility index (Phi) is 6.05. The van der Waals surface area contributed by atoms with Gasteiger partial charge in [0, 0.05) is 11.8 Å². The van der Waals surface area contributed by atoms with E-state index in [-0.39, 0.29) is 6.61 Å². The molecule has 0 amide bonds. The number of rotatable bonds is 6. The van der Waals surface area contributed by atoms with Crippen LogP contribution in [0.25, 0.3) is 0 Å². The lowest BCUT2D eigenvalue weighted by Gasteiger charge is -2.13. The lowest BCUT2D eigenvalue weighted by molar-refractivity contribution is 0.0207. The van der Waals surface area contributed by atoms with Gasteiger partial charge < -0.3 is 10.1 Å². The van der Waals surface area contributed by atoms with Crippen LogP contribution in [0.4, 0.5) is 8.78 Å². The molecule has 0 aromatic carbocycles. The number of halogens is 2. The molecule has 0 aromatic heterocycles. The summed E-state index contributed by atoms with van der Waals surface area (Å²) in [4.78, 5) is 4.25. The highest BCUT2D eigenvalue weighted by Gasteiger charge is 2.22. The maximum atomic E-state index is 11.7. The van der Waals surface area contributed by atoms with Crippen LogP contribution in [0.15, 0.2) is 4.99 Å². The molecule has 0 aromatic rings. The molecule has 3 nitrogen and oxygen atoms in total. The maximum absolute atomic E-state index is 11.7. The van der Waals surface area contributed by atoms with Gasteiger partial charge in [-0.1, -0.05) is 25.6 Å². The summed E-state index contributed by atoms with van der Waals surface area (Å²) in [5, 5.41) is 4.20. The SMILES string of the molecule is CC(C)C1CSC(=NCCOCC(F)F)N1. The van der Waals surface area contributed by atoms with Crippen LogP contribution in [-0.4, -0.2) is 43.1 Å². The van der Waals surface area contributed by atoms with Crippen molar-refractivity contribution in [2.45, 2.75) is 26.3 Å². The molecule has 1 N–H and O–H groups in total. The summed E-state index contributed by atoms with van der Waals surface area (Å²) >= 11 is 1.68. The fourth-order valence-corrected chi connectivity index (χ4v) is 2.47. The van der Waals surface area contributed by atoms with Crippen LogP contribution < -0.4 is 5.32 Å². The second-order valence-corrected chi connectivity index (χ2v) is 4.97. The van der Waals surface area contributed by atoms with Crippen LogP contribution in [0.1, 0.15) is 13.8 Å². The molecule has 1 unspecified atom stereocenters. The number of alkyl halides is 2. The van der Waals surface area contributed by atoms with Crippen molar-refractivity contribution < 1.29 is 13.5 Å². The maximum Gasteiger partial charge on any atom is 0.261 e. The zero-order valence-corrected chi connectivity index (χ0v) is 10.4. The van der Waals surface area contributed by atoms with Gasteiger partial charge in [0.05, 0.1) is 13.2 Å². The first-order valence-corrected chi connectivity index (χ1v) is 6.38. The Labute approximate surface area is 99.0 Å². The van der Waals surface area contributed by atoms with E-state index >= 15 is 0 Å². The predicted molar refractivity (Wildman–Crippen MR) is 63.3 cm³/mol. The number of aliphatic imine (C=N–C) groups is 1. The van der Waals surface area contributed by atoms with E-state index in [1.807, 2.05) is 0 Å². The summed E-state index contributed by atoms with van der Waals surface area (Å²) in [5.41, 5.74) is 0. The Morgan fingerprint density at radius 3 is 2.88 bits per heavy atom. The normalized spacial score (nSPS) is 23.4. The summed E-state index contributed by atoms with van der Waals surface area (Å²) in [6.07, 6.45) is -2.39. The first-order chi connectivity index (χ1) is 7.59. The van der Waals surface area contributed by atoms with E-state index in [2.05, 4.69) is 24.2 Å². The molecule has 6 heteroatoms. The third-order valence-electron chi connectivity index (χ3n) is 2.25. The van der Waals surface area contributed by atoms with Crippen molar-refractivity contribution in [3.05, 3.63) is 0 Å². The largest absolute Gasteiger partial charge is 0.374 e. The number of nitrogens with zero attached hydrogens (tertiary/aromatic N) is 1. The molecule has 1 saturated heterocycles. The van der Waals surface area contributed by atoms with Gasteiger partial charge >= 0.3 is 0 Å². The van der Waals surface area contributed by atoms with E-state index in [9.17, 15) is 8.78 Å². The van der Waals surface area contributed by atoms with Gasteiger partial charge in [0.25, 0.3) is 6.43 Å². The summed E-state index contributed by atoms with van der Waals surface area (Å²) in [6.45, 7) is 4.51. The first kappa shape index (κ1) is 13.7. The van der Waals surface area contributed by atoms with E-state index in [0.29, 0.717) is 18.5 Å². The van der Waals surface area contributed by atoms with Crippen molar-refractivity contribution >= 4 is 16.9 Å². The lowest BCUT2D eigenvalue weighted by atomic mass is 10.1. The van der Waals surface area contributed by atoms with Gasteiger partial charge in [-0.25, -0.2) is 8.78 Å². The summed E-state index contributed by atoms with van der Waals surface area (Å²) in [7, 11) is 0. The molecule has 94 valence electrons. The minimum absolute atomic E-state index is 0.252. The molecule has 16 heavy (non-hydrogen) atoms. The Morgan fingerprint density at radius 1 is 1.56 bits per heavy atom. The van der Waals surface area contributed by atoms with Crippen LogP contribution in [0.5, 0.6) is 0 Å². The smallest absolute Gasteiger partial charge is 0.261 e. The van der Waals surface area contributed by atoms with E-state index in [1.54, 1.807) is 11.8 Å². The molecule has 0 spiro atoms. The number of hydrogen-bond donors (Lipinski definition) is 1. The zero-order valence-electron chi connectivity index (χ0n) is 9.58. The van der Waals surface area contributed by atoms with Gasteiger partial charge in [0.1, 0.15) is 6.61 Å². The standard InChI is InChI=1S/C10H18F2N2OS/c1-7(2)8-6-16-10(14-8)13-3-4-15-5-9(11)12/h7-9H,3-6H2,1-2H3,(H,13,14). The average Bonchev–Trinajstić information content (AvgIpc) is 2.65. The minimum Gasteiger partial charge on any atom is -0.374 e. The van der Waals surface area contributed by atoms with Crippen LogP contribution in [0.3, 0.4) is 0 Å². The van der Waals surface area contributed by atoms with Gasteiger partial charge in [-0.2, -0.15) is 0 Å². The molecule has 1 heterocycles. The molecule has 0 saturated carbocycles. The second-order valence-electron chi connectivity index (χ2n) is 3.96. The third kappa shape index (κ3) is 5.12. The average molecular weight is 252 g/mol. The second kappa shape index (κ2) is 7.06. The Bertz CT molecular complexity index is 237. The predicted octanol–water partition coefficient (Wildman–Crippen LogP) is 1.99. The van der Waals surface area contributed by atoms with Gasteiger partial charge in [-0.15, -0.1) is 0 Å². The first-order valence-electron chi connectivity index (χ1n) is 5.39. The van der Waals surface area contributed by atoms with Crippen LogP contribution >= 0.6 is 11.8 Å². The molecule has 1 fully saturated rings. The Morgan fingerprint density at radius 2 is 2.31 bits per heavy atom. The Balaban J connectivity index is 2.12. The molecule has 0 aliphatic carbocycles. The zero-order chi connectivity index (χ0) is 12.0. The van der Waals surface area contributed by atoms with Gasteiger partial charge in [0.15, 0.2) is 5.17 Å². The van der Waals surface area contributed by atoms with E-state index in [4.69, 9.17) is 4.74 Å². The number of thioether (sulfide) groups is 1. The number of nitrogens with one attached hydrogen (secondary N) is 1. The molecule has 0 bridgehead atoms. The topological polar surface area (TPSA) is 33.6 Å². The molecule has 0 radical (unpaired) electrons. The molecule has 1 atom stereocenters. The van der Waals surface area contributed by atoms with E-state index in [0.717, 1.165) is 10.9 Å². The van der Waals surface area contributed by atoms with Crippen molar-refractivity contribution in [2.24, 2.45) is 10.9 Å². The van der Waals surface area contributed by atoms with Crippen LogP contribution in [0, 0.1) is 5.92 Å².